The predicted octanol–water partition coefficient (Wildman–Crippen LogP) is 2.13. The molecule has 3 rings (SSSR count). The van der Waals surface area contributed by atoms with Crippen molar-refractivity contribution in [1.82, 2.24) is 14.5 Å². The smallest absolute Gasteiger partial charge is 0.246 e. The summed E-state index contributed by atoms with van der Waals surface area (Å²) in [6.07, 6.45) is 2.02. The molecule has 1 N–H and O–H groups in total. The van der Waals surface area contributed by atoms with E-state index in [1.54, 1.807) is 17.0 Å². The molecule has 1 spiro atoms. The third kappa shape index (κ3) is 4.54. The number of rotatable bonds is 7. The van der Waals surface area contributed by atoms with Crippen LogP contribution in [0.15, 0.2) is 30.3 Å². The van der Waals surface area contributed by atoms with Gasteiger partial charge < -0.3 is 10.2 Å². The van der Waals surface area contributed by atoms with Crippen LogP contribution in [0.5, 0.6) is 0 Å². The molecule has 0 aliphatic carbocycles. The van der Waals surface area contributed by atoms with E-state index < -0.39 is 21.6 Å². The van der Waals surface area contributed by atoms with E-state index in [0.29, 0.717) is 31.7 Å². The first-order valence-corrected chi connectivity index (χ1v) is 12.4. The molecule has 0 saturated carbocycles. The highest BCUT2D eigenvalue weighted by Gasteiger charge is 2.54. The van der Waals surface area contributed by atoms with Gasteiger partial charge in [0, 0.05) is 19.6 Å². The largest absolute Gasteiger partial charge is 0.342 e. The summed E-state index contributed by atoms with van der Waals surface area (Å²) in [4.78, 5) is 28.1. The molecule has 2 fully saturated rings. The van der Waals surface area contributed by atoms with Gasteiger partial charge in [-0.25, -0.2) is 12.7 Å². The minimum Gasteiger partial charge on any atom is -0.342 e. The van der Waals surface area contributed by atoms with Crippen molar-refractivity contribution in [1.29, 1.82) is 0 Å². The van der Waals surface area contributed by atoms with Gasteiger partial charge in [0.25, 0.3) is 0 Å². The third-order valence-electron chi connectivity index (χ3n) is 6.10. The Balaban J connectivity index is 1.76. The van der Waals surface area contributed by atoms with Crippen LogP contribution in [0.3, 0.4) is 0 Å². The Bertz CT molecular complexity index is 862. The summed E-state index contributed by atoms with van der Waals surface area (Å²) in [5.74, 6) is 0.0648. The molecule has 0 aromatic heterocycles. The fourth-order valence-corrected chi connectivity index (χ4v) is 6.10. The number of benzene rings is 1. The van der Waals surface area contributed by atoms with E-state index in [4.69, 9.17) is 0 Å². The van der Waals surface area contributed by atoms with E-state index in [1.807, 2.05) is 39.0 Å². The number of piperidine rings is 1. The Kier molecular flexibility index (Phi) is 6.87. The molecular weight excluding hydrogens is 402 g/mol. The third-order valence-corrected chi connectivity index (χ3v) is 7.95. The van der Waals surface area contributed by atoms with E-state index in [2.05, 4.69) is 5.32 Å². The molecule has 8 heteroatoms. The summed E-state index contributed by atoms with van der Waals surface area (Å²) in [5, 5.41) is 2.94. The summed E-state index contributed by atoms with van der Waals surface area (Å²) >= 11 is 0. The zero-order valence-corrected chi connectivity index (χ0v) is 19.0. The first-order chi connectivity index (χ1) is 14.2. The zero-order chi connectivity index (χ0) is 21.9. The minimum absolute atomic E-state index is 0.0363. The van der Waals surface area contributed by atoms with Crippen molar-refractivity contribution in [2.45, 2.75) is 63.8 Å². The molecule has 1 aromatic rings. The first kappa shape index (κ1) is 22.7. The Morgan fingerprint density at radius 1 is 1.13 bits per heavy atom. The van der Waals surface area contributed by atoms with Crippen LogP contribution in [0.1, 0.15) is 52.0 Å². The van der Waals surface area contributed by atoms with Crippen molar-refractivity contribution in [3.05, 3.63) is 35.9 Å². The predicted molar refractivity (Wildman–Crippen MR) is 116 cm³/mol. The maximum Gasteiger partial charge on any atom is 0.246 e. The van der Waals surface area contributed by atoms with E-state index in [0.717, 1.165) is 12.0 Å². The average molecular weight is 436 g/mol. The number of sulfonamides is 1. The Morgan fingerprint density at radius 3 is 2.33 bits per heavy atom. The van der Waals surface area contributed by atoms with Crippen molar-refractivity contribution in [2.24, 2.45) is 5.92 Å². The van der Waals surface area contributed by atoms with Gasteiger partial charge in [-0.15, -0.1) is 0 Å². The average Bonchev–Trinajstić information content (AvgIpc) is 2.70. The van der Waals surface area contributed by atoms with Crippen molar-refractivity contribution in [3.8, 4) is 0 Å². The lowest BCUT2D eigenvalue weighted by Gasteiger charge is -2.51. The van der Waals surface area contributed by atoms with Crippen LogP contribution in [0.4, 0.5) is 0 Å². The molecular formula is C22H33N3O4S. The van der Waals surface area contributed by atoms with Crippen LogP contribution in [0, 0.1) is 5.92 Å². The van der Waals surface area contributed by atoms with Gasteiger partial charge in [0.2, 0.25) is 21.8 Å². The standard InChI is InChI=1S/C22H33N3O4S/c1-4-12-25-20(26)19(15-17(2)3)23-21(27)22(25)10-13-24(14-11-22)30(28,29)16-18-8-6-5-7-9-18/h5-9,17,19H,4,10-16H2,1-3H3,(H,23,27). The van der Waals surface area contributed by atoms with Crippen LogP contribution in [-0.2, 0) is 25.4 Å². The minimum atomic E-state index is -3.48. The van der Waals surface area contributed by atoms with Crippen LogP contribution >= 0.6 is 0 Å². The molecule has 2 aliphatic heterocycles. The molecule has 1 unspecified atom stereocenters. The number of nitrogens with one attached hydrogen (secondary N) is 1. The molecule has 7 nitrogen and oxygen atoms in total. The normalized spacial score (nSPS) is 22.5. The van der Waals surface area contributed by atoms with Crippen molar-refractivity contribution < 1.29 is 18.0 Å². The number of hydrogen-bond donors (Lipinski definition) is 1. The van der Waals surface area contributed by atoms with Gasteiger partial charge in [-0.3, -0.25) is 9.59 Å². The number of amides is 2. The van der Waals surface area contributed by atoms with Crippen LogP contribution < -0.4 is 5.32 Å². The van der Waals surface area contributed by atoms with Crippen molar-refractivity contribution >= 4 is 21.8 Å². The lowest BCUT2D eigenvalue weighted by Crippen LogP contribution is -2.73. The molecule has 1 aromatic carbocycles. The molecule has 2 heterocycles. The summed E-state index contributed by atoms with van der Waals surface area (Å²) in [5.41, 5.74) is -0.202. The molecule has 2 aliphatic rings. The van der Waals surface area contributed by atoms with E-state index in [-0.39, 0.29) is 30.7 Å². The first-order valence-electron chi connectivity index (χ1n) is 10.8. The van der Waals surface area contributed by atoms with Crippen molar-refractivity contribution in [2.75, 3.05) is 19.6 Å². The zero-order valence-electron chi connectivity index (χ0n) is 18.1. The van der Waals surface area contributed by atoms with Gasteiger partial charge in [-0.1, -0.05) is 51.1 Å². The summed E-state index contributed by atoms with van der Waals surface area (Å²) in [7, 11) is -3.48. The second kappa shape index (κ2) is 9.06. The second-order valence-electron chi connectivity index (χ2n) is 8.82. The monoisotopic (exact) mass is 435 g/mol. The summed E-state index contributed by atoms with van der Waals surface area (Å²) in [6.45, 7) is 7.05. The summed E-state index contributed by atoms with van der Waals surface area (Å²) < 4.78 is 27.3. The SMILES string of the molecule is CCCN1C(=O)C(CC(C)C)NC(=O)C12CCN(S(=O)(=O)Cc1ccccc1)CC2. The van der Waals surface area contributed by atoms with Gasteiger partial charge >= 0.3 is 0 Å². The van der Waals surface area contributed by atoms with Gasteiger partial charge in [0.1, 0.15) is 11.6 Å². The molecule has 0 radical (unpaired) electrons. The molecule has 0 bridgehead atoms. The number of piperazine rings is 1. The van der Waals surface area contributed by atoms with E-state index >= 15 is 0 Å². The highest BCUT2D eigenvalue weighted by atomic mass is 32.2. The van der Waals surface area contributed by atoms with Gasteiger partial charge in [0.15, 0.2) is 0 Å². The van der Waals surface area contributed by atoms with E-state index in [9.17, 15) is 18.0 Å². The highest BCUT2D eigenvalue weighted by Crippen LogP contribution is 2.35. The van der Waals surface area contributed by atoms with E-state index in [1.165, 1.54) is 4.31 Å². The fraction of sp³-hybridized carbons (Fsp3) is 0.636. The van der Waals surface area contributed by atoms with Crippen molar-refractivity contribution in [3.63, 3.8) is 0 Å². The molecule has 2 amide bonds. The second-order valence-corrected chi connectivity index (χ2v) is 10.8. The maximum absolute atomic E-state index is 13.2. The topological polar surface area (TPSA) is 86.8 Å². The molecule has 30 heavy (non-hydrogen) atoms. The molecule has 166 valence electrons. The Morgan fingerprint density at radius 2 is 1.77 bits per heavy atom. The maximum atomic E-state index is 13.2. The Hall–Kier alpha value is -1.93. The van der Waals surface area contributed by atoms with Gasteiger partial charge in [-0.2, -0.15) is 0 Å². The van der Waals surface area contributed by atoms with Crippen LogP contribution in [0.25, 0.3) is 0 Å². The number of carbonyl (C=O) groups is 2. The van der Waals surface area contributed by atoms with Gasteiger partial charge in [0.05, 0.1) is 5.75 Å². The van der Waals surface area contributed by atoms with Crippen LogP contribution in [-0.4, -0.2) is 60.7 Å². The lowest BCUT2D eigenvalue weighted by atomic mass is 9.81. The highest BCUT2D eigenvalue weighted by molar-refractivity contribution is 7.88. The quantitative estimate of drug-likeness (QED) is 0.711. The molecule has 1 atom stereocenters. The number of nitrogens with zero attached hydrogens (tertiary/aromatic N) is 2. The number of carbonyl (C=O) groups excluding carboxylic acids is 2. The fourth-order valence-electron chi connectivity index (χ4n) is 4.56. The van der Waals surface area contributed by atoms with Crippen LogP contribution in [0.2, 0.25) is 0 Å². The molecule has 2 saturated heterocycles. The summed E-state index contributed by atoms with van der Waals surface area (Å²) in [6, 6.07) is 8.61. The number of hydrogen-bond acceptors (Lipinski definition) is 4. The lowest BCUT2D eigenvalue weighted by molar-refractivity contribution is -0.160. The van der Waals surface area contributed by atoms with Gasteiger partial charge in [-0.05, 0) is 37.2 Å². The Labute approximate surface area is 179 Å².